The third-order valence-electron chi connectivity index (χ3n) is 4.56. The first kappa shape index (κ1) is 17.1. The zero-order valence-electron chi connectivity index (χ0n) is 14.9. The molecule has 0 atom stereocenters. The maximum Gasteiger partial charge on any atom is 0.337 e. The Labute approximate surface area is 155 Å². The minimum Gasteiger partial charge on any atom is -0.488 e. The van der Waals surface area contributed by atoms with Gasteiger partial charge in [-0.2, -0.15) is 0 Å². The van der Waals surface area contributed by atoms with E-state index < -0.39 is 11.6 Å². The van der Waals surface area contributed by atoms with Gasteiger partial charge in [0.1, 0.15) is 24.5 Å². The molecule has 5 heteroatoms. The number of ether oxygens (including phenoxy) is 2. The van der Waals surface area contributed by atoms with Crippen LogP contribution in [0.15, 0.2) is 63.3 Å². The van der Waals surface area contributed by atoms with Crippen molar-refractivity contribution < 1.29 is 18.7 Å². The second-order valence-electron chi connectivity index (χ2n) is 6.35. The van der Waals surface area contributed by atoms with E-state index in [0.717, 1.165) is 28.7 Å². The SMILES string of the molecule is CCc1ccc2c(COC(=O)C3=Cc4ccccc4OC3)cc(=O)oc2c1. The molecule has 2 aromatic carbocycles. The number of esters is 1. The molecular weight excluding hydrogens is 344 g/mol. The molecular formula is C22H18O5. The van der Waals surface area contributed by atoms with Crippen LogP contribution in [0.5, 0.6) is 5.75 Å². The summed E-state index contributed by atoms with van der Waals surface area (Å²) in [4.78, 5) is 24.3. The smallest absolute Gasteiger partial charge is 0.337 e. The van der Waals surface area contributed by atoms with Crippen molar-refractivity contribution in [1.29, 1.82) is 0 Å². The number of hydrogen-bond donors (Lipinski definition) is 0. The highest BCUT2D eigenvalue weighted by Gasteiger charge is 2.19. The predicted molar refractivity (Wildman–Crippen MR) is 102 cm³/mol. The van der Waals surface area contributed by atoms with Crippen molar-refractivity contribution >= 4 is 23.0 Å². The van der Waals surface area contributed by atoms with E-state index in [4.69, 9.17) is 13.9 Å². The summed E-state index contributed by atoms with van der Waals surface area (Å²) in [5.74, 6) is 0.281. The second kappa shape index (κ2) is 7.11. The standard InChI is InChI=1S/C22H18O5/c1-2-14-7-8-18-16(11-21(23)27-20(18)9-14)12-26-22(24)17-10-15-5-3-4-6-19(15)25-13-17/h3-11H,2,12-13H2,1H3. The van der Waals surface area contributed by atoms with Gasteiger partial charge >= 0.3 is 11.6 Å². The van der Waals surface area contributed by atoms with Crippen LogP contribution in [0.2, 0.25) is 0 Å². The van der Waals surface area contributed by atoms with Crippen molar-refractivity contribution in [2.75, 3.05) is 6.61 Å². The van der Waals surface area contributed by atoms with E-state index in [1.807, 2.05) is 49.4 Å². The molecule has 0 saturated heterocycles. The maximum absolute atomic E-state index is 12.4. The van der Waals surface area contributed by atoms with Crippen LogP contribution in [-0.4, -0.2) is 12.6 Å². The highest BCUT2D eigenvalue weighted by Crippen LogP contribution is 2.26. The Balaban J connectivity index is 1.56. The molecule has 0 spiro atoms. The molecule has 3 aromatic rings. The van der Waals surface area contributed by atoms with Crippen molar-refractivity contribution in [3.05, 3.63) is 81.2 Å². The summed E-state index contributed by atoms with van der Waals surface area (Å²) in [6, 6.07) is 14.6. The Morgan fingerprint density at radius 3 is 2.85 bits per heavy atom. The van der Waals surface area contributed by atoms with E-state index in [9.17, 15) is 9.59 Å². The fourth-order valence-corrected chi connectivity index (χ4v) is 3.08. The van der Waals surface area contributed by atoms with Crippen LogP contribution < -0.4 is 10.4 Å². The number of carbonyl (C=O) groups is 1. The molecule has 2 heterocycles. The first-order valence-electron chi connectivity index (χ1n) is 8.79. The largest absolute Gasteiger partial charge is 0.488 e. The zero-order chi connectivity index (χ0) is 18.8. The van der Waals surface area contributed by atoms with Gasteiger partial charge in [0.25, 0.3) is 0 Å². The van der Waals surface area contributed by atoms with Gasteiger partial charge in [0, 0.05) is 22.6 Å². The lowest BCUT2D eigenvalue weighted by Crippen LogP contribution is -2.17. The molecule has 0 N–H and O–H groups in total. The molecule has 136 valence electrons. The van der Waals surface area contributed by atoms with Gasteiger partial charge in [-0.1, -0.05) is 37.3 Å². The van der Waals surface area contributed by atoms with Crippen LogP contribution in [0.3, 0.4) is 0 Å². The van der Waals surface area contributed by atoms with E-state index in [-0.39, 0.29) is 13.2 Å². The van der Waals surface area contributed by atoms with Crippen molar-refractivity contribution in [2.24, 2.45) is 0 Å². The Kier molecular flexibility index (Phi) is 4.50. The molecule has 27 heavy (non-hydrogen) atoms. The minimum atomic E-state index is -0.462. The van der Waals surface area contributed by atoms with Gasteiger partial charge in [0.05, 0.1) is 5.57 Å². The monoisotopic (exact) mass is 362 g/mol. The van der Waals surface area contributed by atoms with Crippen molar-refractivity contribution in [3.8, 4) is 5.75 Å². The minimum absolute atomic E-state index is 0.00854. The fraction of sp³-hybridized carbons (Fsp3) is 0.182. The average Bonchev–Trinajstić information content (AvgIpc) is 2.70. The predicted octanol–water partition coefficient (Wildman–Crippen LogP) is 3.87. The lowest BCUT2D eigenvalue weighted by Gasteiger charge is -2.17. The van der Waals surface area contributed by atoms with E-state index in [2.05, 4.69) is 0 Å². The van der Waals surface area contributed by atoms with Gasteiger partial charge in [-0.05, 0) is 30.2 Å². The number of carbonyl (C=O) groups excluding carboxylic acids is 1. The summed E-state index contributed by atoms with van der Waals surface area (Å²) >= 11 is 0. The van der Waals surface area contributed by atoms with Crippen molar-refractivity contribution in [1.82, 2.24) is 0 Å². The molecule has 0 amide bonds. The Morgan fingerprint density at radius 2 is 2.00 bits per heavy atom. The lowest BCUT2D eigenvalue weighted by molar-refractivity contribution is -0.140. The summed E-state index contributed by atoms with van der Waals surface area (Å²) in [6.45, 7) is 2.18. The Bertz CT molecular complexity index is 1110. The molecule has 0 aliphatic carbocycles. The second-order valence-corrected chi connectivity index (χ2v) is 6.35. The molecule has 1 aliphatic rings. The van der Waals surface area contributed by atoms with Gasteiger partial charge < -0.3 is 13.9 Å². The number of fused-ring (bicyclic) bond motifs is 2. The molecule has 0 bridgehead atoms. The molecule has 0 fully saturated rings. The summed E-state index contributed by atoms with van der Waals surface area (Å²) in [7, 11) is 0. The zero-order valence-corrected chi connectivity index (χ0v) is 14.9. The van der Waals surface area contributed by atoms with Gasteiger partial charge in [0.15, 0.2) is 0 Å². The quantitative estimate of drug-likeness (QED) is 0.521. The van der Waals surface area contributed by atoms with Crippen LogP contribution in [0.4, 0.5) is 0 Å². The molecule has 0 unspecified atom stereocenters. The first-order valence-corrected chi connectivity index (χ1v) is 8.79. The van der Waals surface area contributed by atoms with Crippen LogP contribution in [0.25, 0.3) is 17.0 Å². The van der Waals surface area contributed by atoms with Gasteiger partial charge in [-0.25, -0.2) is 9.59 Å². The summed E-state index contributed by atoms with van der Waals surface area (Å²) in [5.41, 5.74) is 3.01. The number of benzene rings is 2. The molecule has 4 rings (SSSR count). The lowest BCUT2D eigenvalue weighted by atomic mass is 10.1. The topological polar surface area (TPSA) is 65.7 Å². The Morgan fingerprint density at radius 1 is 1.15 bits per heavy atom. The molecule has 0 saturated carbocycles. The van der Waals surface area contributed by atoms with Crippen molar-refractivity contribution in [3.63, 3.8) is 0 Å². The van der Waals surface area contributed by atoms with Crippen LogP contribution in [-0.2, 0) is 22.6 Å². The number of hydrogen-bond acceptors (Lipinski definition) is 5. The average molecular weight is 362 g/mol. The van der Waals surface area contributed by atoms with Crippen molar-refractivity contribution in [2.45, 2.75) is 20.0 Å². The van der Waals surface area contributed by atoms with Crippen LogP contribution >= 0.6 is 0 Å². The van der Waals surface area contributed by atoms with Gasteiger partial charge in [0.2, 0.25) is 0 Å². The fourth-order valence-electron chi connectivity index (χ4n) is 3.08. The summed E-state index contributed by atoms with van der Waals surface area (Å²) in [6.07, 6.45) is 2.61. The van der Waals surface area contributed by atoms with E-state index in [1.54, 1.807) is 6.08 Å². The van der Waals surface area contributed by atoms with E-state index >= 15 is 0 Å². The van der Waals surface area contributed by atoms with E-state index in [1.165, 1.54) is 6.07 Å². The summed E-state index contributed by atoms with van der Waals surface area (Å²) < 4.78 is 16.3. The van der Waals surface area contributed by atoms with Gasteiger partial charge in [-0.3, -0.25) is 0 Å². The number of rotatable bonds is 4. The van der Waals surface area contributed by atoms with E-state index in [0.29, 0.717) is 16.7 Å². The highest BCUT2D eigenvalue weighted by molar-refractivity contribution is 5.95. The Hall–Kier alpha value is -3.34. The normalized spacial score (nSPS) is 12.9. The number of aryl methyl sites for hydroxylation is 1. The van der Waals surface area contributed by atoms with Crippen LogP contribution in [0.1, 0.15) is 23.6 Å². The third kappa shape index (κ3) is 3.49. The first-order chi connectivity index (χ1) is 13.1. The number of para-hydroxylation sites is 1. The molecule has 5 nitrogen and oxygen atoms in total. The molecule has 1 aromatic heterocycles. The summed E-state index contributed by atoms with van der Waals surface area (Å²) in [5, 5.41) is 0.763. The van der Waals surface area contributed by atoms with Gasteiger partial charge in [-0.15, -0.1) is 0 Å². The molecule has 0 radical (unpaired) electrons. The van der Waals surface area contributed by atoms with Crippen LogP contribution in [0, 0.1) is 0 Å². The molecule has 1 aliphatic heterocycles. The maximum atomic E-state index is 12.4. The highest BCUT2D eigenvalue weighted by atomic mass is 16.5. The third-order valence-corrected chi connectivity index (χ3v) is 4.56.